The quantitative estimate of drug-likeness (QED) is 0.727. The molecular weight excluding hydrogens is 286 g/mol. The van der Waals surface area contributed by atoms with Crippen LogP contribution in [-0.4, -0.2) is 80.4 Å². The maximum Gasteiger partial charge on any atom is 0.410 e. The molecule has 1 aliphatic rings. The Kier molecular flexibility index (Phi) is 7.61. The first kappa shape index (κ1) is 18.7. The normalized spacial score (nSPS) is 16.5. The lowest BCUT2D eigenvalue weighted by molar-refractivity contribution is -0.144. The van der Waals surface area contributed by atoms with Gasteiger partial charge in [-0.2, -0.15) is 0 Å². The number of nitrogens with zero attached hydrogens (tertiary/aromatic N) is 2. The summed E-state index contributed by atoms with van der Waals surface area (Å²) in [5.74, 6) is -0.179. The third-order valence-corrected chi connectivity index (χ3v) is 3.27. The molecule has 1 amide bonds. The molecule has 0 aromatic heterocycles. The molecule has 7 heteroatoms. The molecule has 128 valence electrons. The van der Waals surface area contributed by atoms with Crippen molar-refractivity contribution in [1.29, 1.82) is 0 Å². The van der Waals surface area contributed by atoms with Crippen molar-refractivity contribution < 1.29 is 19.1 Å². The summed E-state index contributed by atoms with van der Waals surface area (Å²) in [6, 6.07) is 0. The summed E-state index contributed by atoms with van der Waals surface area (Å²) in [5.41, 5.74) is -0.463. The molecule has 0 unspecified atom stereocenters. The van der Waals surface area contributed by atoms with Crippen LogP contribution in [0.1, 0.15) is 27.2 Å². The van der Waals surface area contributed by atoms with Crippen LogP contribution in [0.5, 0.6) is 0 Å². The number of piperazine rings is 1. The van der Waals surface area contributed by atoms with Gasteiger partial charge in [-0.1, -0.05) is 0 Å². The van der Waals surface area contributed by atoms with Crippen molar-refractivity contribution in [2.24, 2.45) is 0 Å². The standard InChI is InChI=1S/C15H29N3O4/c1-15(2,3)22-14(20)18-9-7-17(8-10-18)11-12-21-13(19)5-6-16-4/h16H,5-12H2,1-4H3. The Balaban J connectivity index is 2.17. The van der Waals surface area contributed by atoms with Crippen molar-refractivity contribution in [2.75, 3.05) is 52.9 Å². The molecule has 0 aromatic rings. The number of nitrogens with one attached hydrogen (secondary N) is 1. The van der Waals surface area contributed by atoms with E-state index in [0.717, 1.165) is 13.1 Å². The molecule has 22 heavy (non-hydrogen) atoms. The Morgan fingerprint density at radius 1 is 1.14 bits per heavy atom. The van der Waals surface area contributed by atoms with E-state index in [2.05, 4.69) is 10.2 Å². The number of esters is 1. The summed E-state index contributed by atoms with van der Waals surface area (Å²) in [4.78, 5) is 27.2. The molecule has 0 aromatic carbocycles. The summed E-state index contributed by atoms with van der Waals surface area (Å²) in [5, 5.41) is 2.91. The minimum Gasteiger partial charge on any atom is -0.464 e. The Morgan fingerprint density at radius 2 is 1.77 bits per heavy atom. The molecule has 1 N–H and O–H groups in total. The second-order valence-corrected chi connectivity index (χ2v) is 6.38. The SMILES string of the molecule is CNCCC(=O)OCCN1CCN(C(=O)OC(C)(C)C)CC1. The average molecular weight is 315 g/mol. The number of ether oxygens (including phenoxy) is 2. The van der Waals surface area contributed by atoms with E-state index in [4.69, 9.17) is 9.47 Å². The van der Waals surface area contributed by atoms with E-state index in [9.17, 15) is 9.59 Å². The molecular formula is C15H29N3O4. The topological polar surface area (TPSA) is 71.1 Å². The molecule has 0 spiro atoms. The van der Waals surface area contributed by atoms with Crippen LogP contribution in [0.3, 0.4) is 0 Å². The van der Waals surface area contributed by atoms with Gasteiger partial charge in [0.25, 0.3) is 0 Å². The smallest absolute Gasteiger partial charge is 0.410 e. The summed E-state index contributed by atoms with van der Waals surface area (Å²) in [6.45, 7) is 10.2. The van der Waals surface area contributed by atoms with Gasteiger partial charge >= 0.3 is 12.1 Å². The molecule has 0 saturated carbocycles. The highest BCUT2D eigenvalue weighted by molar-refractivity contribution is 5.69. The van der Waals surface area contributed by atoms with E-state index >= 15 is 0 Å². The maximum atomic E-state index is 11.9. The molecule has 0 bridgehead atoms. The monoisotopic (exact) mass is 315 g/mol. The van der Waals surface area contributed by atoms with Crippen molar-refractivity contribution in [3.05, 3.63) is 0 Å². The molecule has 1 heterocycles. The fourth-order valence-electron chi connectivity index (χ4n) is 2.07. The van der Waals surface area contributed by atoms with E-state index in [1.165, 1.54) is 0 Å². The first-order valence-corrected chi connectivity index (χ1v) is 7.82. The van der Waals surface area contributed by atoms with Gasteiger partial charge in [0.05, 0.1) is 6.42 Å². The van der Waals surface area contributed by atoms with Gasteiger partial charge in [-0.05, 0) is 27.8 Å². The molecule has 1 aliphatic heterocycles. The average Bonchev–Trinajstić information content (AvgIpc) is 2.44. The maximum absolute atomic E-state index is 11.9. The highest BCUT2D eigenvalue weighted by atomic mass is 16.6. The van der Waals surface area contributed by atoms with Crippen LogP contribution in [0.15, 0.2) is 0 Å². The molecule has 0 radical (unpaired) electrons. The predicted octanol–water partition coefficient (Wildman–Crippen LogP) is 0.692. The van der Waals surface area contributed by atoms with Crippen LogP contribution in [0.4, 0.5) is 4.79 Å². The number of hydrogen-bond acceptors (Lipinski definition) is 6. The minimum atomic E-state index is -0.463. The lowest BCUT2D eigenvalue weighted by Crippen LogP contribution is -2.50. The van der Waals surface area contributed by atoms with Gasteiger partial charge in [0, 0.05) is 39.3 Å². The van der Waals surface area contributed by atoms with E-state index in [1.54, 1.807) is 11.9 Å². The van der Waals surface area contributed by atoms with Crippen molar-refractivity contribution in [1.82, 2.24) is 15.1 Å². The number of rotatable bonds is 6. The molecule has 0 atom stereocenters. The van der Waals surface area contributed by atoms with Crippen LogP contribution in [0.25, 0.3) is 0 Å². The van der Waals surface area contributed by atoms with Crippen LogP contribution < -0.4 is 5.32 Å². The second kappa shape index (κ2) is 8.95. The van der Waals surface area contributed by atoms with Gasteiger partial charge in [-0.15, -0.1) is 0 Å². The van der Waals surface area contributed by atoms with Crippen molar-refractivity contribution in [3.8, 4) is 0 Å². The highest BCUT2D eigenvalue weighted by Crippen LogP contribution is 2.11. The fraction of sp³-hybridized carbons (Fsp3) is 0.867. The van der Waals surface area contributed by atoms with Gasteiger partial charge in [0.1, 0.15) is 12.2 Å². The van der Waals surface area contributed by atoms with E-state index < -0.39 is 5.60 Å². The van der Waals surface area contributed by atoms with E-state index in [1.807, 2.05) is 20.8 Å². The Bertz CT molecular complexity index is 360. The fourth-order valence-corrected chi connectivity index (χ4v) is 2.07. The summed E-state index contributed by atoms with van der Waals surface area (Å²) in [6.07, 6.45) is 0.133. The zero-order valence-corrected chi connectivity index (χ0v) is 14.2. The van der Waals surface area contributed by atoms with E-state index in [-0.39, 0.29) is 12.1 Å². The summed E-state index contributed by atoms with van der Waals surface area (Å²) >= 11 is 0. The summed E-state index contributed by atoms with van der Waals surface area (Å²) < 4.78 is 10.5. The largest absolute Gasteiger partial charge is 0.464 e. The van der Waals surface area contributed by atoms with Crippen LogP contribution >= 0.6 is 0 Å². The lowest BCUT2D eigenvalue weighted by atomic mass is 10.2. The van der Waals surface area contributed by atoms with Crippen molar-refractivity contribution in [2.45, 2.75) is 32.8 Å². The van der Waals surface area contributed by atoms with Crippen molar-refractivity contribution in [3.63, 3.8) is 0 Å². The number of carbonyl (C=O) groups excluding carboxylic acids is 2. The van der Waals surface area contributed by atoms with Crippen LogP contribution in [0.2, 0.25) is 0 Å². The summed E-state index contributed by atoms with van der Waals surface area (Å²) in [7, 11) is 1.80. The van der Waals surface area contributed by atoms with Gasteiger partial charge in [0.2, 0.25) is 0 Å². The van der Waals surface area contributed by atoms with Gasteiger partial charge in [-0.3, -0.25) is 9.69 Å². The second-order valence-electron chi connectivity index (χ2n) is 6.38. The first-order valence-electron chi connectivity index (χ1n) is 7.82. The van der Waals surface area contributed by atoms with Crippen LogP contribution in [-0.2, 0) is 14.3 Å². The minimum absolute atomic E-state index is 0.179. The van der Waals surface area contributed by atoms with Gasteiger partial charge in [-0.25, -0.2) is 4.79 Å². The molecule has 1 rings (SSSR count). The zero-order chi connectivity index (χ0) is 16.6. The lowest BCUT2D eigenvalue weighted by Gasteiger charge is -2.35. The number of amides is 1. The molecule has 1 fully saturated rings. The Labute approximate surface area is 132 Å². The van der Waals surface area contributed by atoms with Gasteiger partial charge < -0.3 is 19.7 Å². The Morgan fingerprint density at radius 3 is 2.32 bits per heavy atom. The molecule has 0 aliphatic carbocycles. The van der Waals surface area contributed by atoms with E-state index in [0.29, 0.717) is 39.2 Å². The molecule has 7 nitrogen and oxygen atoms in total. The highest BCUT2D eigenvalue weighted by Gasteiger charge is 2.25. The third kappa shape index (κ3) is 7.61. The molecule has 1 saturated heterocycles. The van der Waals surface area contributed by atoms with Gasteiger partial charge in [0.15, 0.2) is 0 Å². The number of hydrogen-bond donors (Lipinski definition) is 1. The zero-order valence-electron chi connectivity index (χ0n) is 14.2. The van der Waals surface area contributed by atoms with Crippen molar-refractivity contribution >= 4 is 12.1 Å². The predicted molar refractivity (Wildman–Crippen MR) is 83.7 cm³/mol. The first-order chi connectivity index (χ1) is 10.3. The van der Waals surface area contributed by atoms with Crippen LogP contribution in [0, 0.1) is 0 Å². The number of carbonyl (C=O) groups is 2. The third-order valence-electron chi connectivity index (χ3n) is 3.27. The Hall–Kier alpha value is -1.34.